The Balaban J connectivity index is 4.28. The number of quaternary nitrogens is 1. The van der Waals surface area contributed by atoms with Crippen LogP contribution in [0.5, 0.6) is 0 Å². The number of esters is 1. The van der Waals surface area contributed by atoms with Gasteiger partial charge in [0.05, 0.1) is 21.1 Å². The van der Waals surface area contributed by atoms with Crippen LogP contribution in [-0.4, -0.2) is 50.2 Å². The van der Waals surface area contributed by atoms with Crippen molar-refractivity contribution in [1.29, 1.82) is 0 Å². The van der Waals surface area contributed by atoms with Gasteiger partial charge in [0.2, 0.25) is 0 Å². The van der Waals surface area contributed by atoms with Gasteiger partial charge in [0, 0.05) is 18.8 Å². The SMILES string of the molecule is C/C=C/C=C/CCC(=O)OC(CC(=O)[O-])C[N+](C)(C)C. The maximum Gasteiger partial charge on any atom is 0.306 e. The lowest BCUT2D eigenvalue weighted by molar-refractivity contribution is -0.873. The first-order valence-corrected chi connectivity index (χ1v) is 6.72. The molecular formula is C15H25NO4. The Bertz CT molecular complexity index is 367. The molecule has 1 unspecified atom stereocenters. The predicted octanol–water partition coefficient (Wildman–Crippen LogP) is 0.657. The fourth-order valence-electron chi connectivity index (χ4n) is 1.67. The monoisotopic (exact) mass is 283 g/mol. The van der Waals surface area contributed by atoms with E-state index in [0.29, 0.717) is 17.4 Å². The van der Waals surface area contributed by atoms with Gasteiger partial charge in [0.1, 0.15) is 6.54 Å². The van der Waals surface area contributed by atoms with E-state index in [2.05, 4.69) is 0 Å². The quantitative estimate of drug-likeness (QED) is 0.354. The molecule has 0 saturated carbocycles. The standard InChI is InChI=1S/C15H25NO4/c1-5-6-7-8-9-10-15(19)20-13(11-14(17)18)12-16(2,3)4/h5-8,13H,9-12H2,1-4H3/b6-5+,8-7+. The van der Waals surface area contributed by atoms with E-state index >= 15 is 0 Å². The van der Waals surface area contributed by atoms with Crippen molar-refractivity contribution in [1.82, 2.24) is 0 Å². The molecule has 0 heterocycles. The Hall–Kier alpha value is -1.62. The van der Waals surface area contributed by atoms with Gasteiger partial charge in [-0.15, -0.1) is 0 Å². The van der Waals surface area contributed by atoms with Crippen molar-refractivity contribution in [3.05, 3.63) is 24.3 Å². The number of hydrogen-bond donors (Lipinski definition) is 0. The molecule has 0 aromatic heterocycles. The van der Waals surface area contributed by atoms with Gasteiger partial charge in [-0.05, 0) is 13.3 Å². The number of ether oxygens (including phenoxy) is 1. The van der Waals surface area contributed by atoms with Crippen molar-refractivity contribution in [2.45, 2.75) is 32.3 Å². The zero-order valence-electron chi connectivity index (χ0n) is 12.8. The number of hydrogen-bond acceptors (Lipinski definition) is 4. The number of aliphatic carboxylic acids is 1. The number of nitrogens with zero attached hydrogens (tertiary/aromatic N) is 1. The summed E-state index contributed by atoms with van der Waals surface area (Å²) in [5, 5.41) is 10.7. The Morgan fingerprint density at radius 1 is 1.25 bits per heavy atom. The number of carboxylic acid groups (broad SMARTS) is 1. The van der Waals surface area contributed by atoms with Crippen molar-refractivity contribution in [2.24, 2.45) is 0 Å². The summed E-state index contributed by atoms with van der Waals surface area (Å²) < 4.78 is 5.74. The molecule has 0 saturated heterocycles. The van der Waals surface area contributed by atoms with E-state index in [-0.39, 0.29) is 18.8 Å². The molecule has 0 aromatic rings. The normalized spacial score (nSPS) is 13.8. The zero-order valence-corrected chi connectivity index (χ0v) is 12.8. The van der Waals surface area contributed by atoms with E-state index in [1.165, 1.54) is 0 Å². The molecule has 0 fully saturated rings. The van der Waals surface area contributed by atoms with Crippen molar-refractivity contribution in [2.75, 3.05) is 27.7 Å². The molecule has 20 heavy (non-hydrogen) atoms. The lowest BCUT2D eigenvalue weighted by atomic mass is 10.2. The van der Waals surface area contributed by atoms with Gasteiger partial charge in [0.25, 0.3) is 0 Å². The van der Waals surface area contributed by atoms with Crippen molar-refractivity contribution >= 4 is 11.9 Å². The molecule has 0 aliphatic heterocycles. The number of likely N-dealkylation sites (N-methyl/N-ethyl adjacent to an activating group) is 1. The summed E-state index contributed by atoms with van der Waals surface area (Å²) in [4.78, 5) is 22.3. The molecule has 0 amide bonds. The molecule has 0 spiro atoms. The second kappa shape index (κ2) is 9.31. The minimum atomic E-state index is -1.20. The maximum absolute atomic E-state index is 11.7. The van der Waals surface area contributed by atoms with Crippen LogP contribution in [0.15, 0.2) is 24.3 Å². The Morgan fingerprint density at radius 3 is 2.40 bits per heavy atom. The average Bonchev–Trinajstić information content (AvgIpc) is 2.25. The number of carboxylic acids is 1. The Kier molecular flexibility index (Phi) is 8.56. The van der Waals surface area contributed by atoms with Crippen LogP contribution in [0.25, 0.3) is 0 Å². The van der Waals surface area contributed by atoms with Gasteiger partial charge < -0.3 is 19.1 Å². The molecule has 0 radical (unpaired) electrons. The highest BCUT2D eigenvalue weighted by Gasteiger charge is 2.22. The topological polar surface area (TPSA) is 66.4 Å². The summed E-state index contributed by atoms with van der Waals surface area (Å²) in [6, 6.07) is 0. The van der Waals surface area contributed by atoms with Crippen LogP contribution in [0.1, 0.15) is 26.2 Å². The van der Waals surface area contributed by atoms with Crippen LogP contribution in [0, 0.1) is 0 Å². The highest BCUT2D eigenvalue weighted by atomic mass is 16.5. The predicted molar refractivity (Wildman–Crippen MR) is 75.6 cm³/mol. The summed E-state index contributed by atoms with van der Waals surface area (Å²) in [6.45, 7) is 2.35. The summed E-state index contributed by atoms with van der Waals surface area (Å²) in [5.74, 6) is -1.58. The highest BCUT2D eigenvalue weighted by Crippen LogP contribution is 2.07. The summed E-state index contributed by atoms with van der Waals surface area (Å²) in [6.07, 6.45) is 7.41. The fraction of sp³-hybridized carbons (Fsp3) is 0.600. The molecule has 1 atom stereocenters. The summed E-state index contributed by atoms with van der Waals surface area (Å²) in [5.41, 5.74) is 0. The van der Waals surface area contributed by atoms with Gasteiger partial charge in [-0.1, -0.05) is 24.3 Å². The van der Waals surface area contributed by atoms with Crippen molar-refractivity contribution in [3.63, 3.8) is 0 Å². The maximum atomic E-state index is 11.7. The first-order chi connectivity index (χ1) is 9.24. The van der Waals surface area contributed by atoms with Gasteiger partial charge in [0.15, 0.2) is 6.10 Å². The summed E-state index contributed by atoms with van der Waals surface area (Å²) >= 11 is 0. The van der Waals surface area contributed by atoms with E-state index in [1.807, 2.05) is 52.4 Å². The van der Waals surface area contributed by atoms with E-state index in [0.717, 1.165) is 0 Å². The smallest absolute Gasteiger partial charge is 0.306 e. The molecule has 5 heteroatoms. The van der Waals surface area contributed by atoms with Crippen LogP contribution in [0.4, 0.5) is 0 Å². The lowest BCUT2D eigenvalue weighted by Crippen LogP contribution is -2.45. The average molecular weight is 283 g/mol. The molecule has 5 nitrogen and oxygen atoms in total. The van der Waals surface area contributed by atoms with Gasteiger partial charge in [-0.25, -0.2) is 0 Å². The van der Waals surface area contributed by atoms with E-state index < -0.39 is 12.1 Å². The minimum Gasteiger partial charge on any atom is -0.550 e. The zero-order chi connectivity index (χ0) is 15.6. The van der Waals surface area contributed by atoms with Crippen LogP contribution in [0.2, 0.25) is 0 Å². The van der Waals surface area contributed by atoms with Gasteiger partial charge in [-0.2, -0.15) is 0 Å². The number of allylic oxidation sites excluding steroid dienone is 4. The van der Waals surface area contributed by atoms with Gasteiger partial charge in [-0.3, -0.25) is 4.79 Å². The van der Waals surface area contributed by atoms with Crippen molar-refractivity contribution in [3.8, 4) is 0 Å². The van der Waals surface area contributed by atoms with E-state index in [1.54, 1.807) is 0 Å². The summed E-state index contributed by atoms with van der Waals surface area (Å²) in [7, 11) is 5.74. The molecule has 0 bridgehead atoms. The van der Waals surface area contributed by atoms with E-state index in [9.17, 15) is 14.7 Å². The van der Waals surface area contributed by atoms with Crippen LogP contribution >= 0.6 is 0 Å². The first-order valence-electron chi connectivity index (χ1n) is 6.72. The molecule has 114 valence electrons. The molecule has 0 aliphatic rings. The second-order valence-corrected chi connectivity index (χ2v) is 5.65. The largest absolute Gasteiger partial charge is 0.550 e. The van der Waals surface area contributed by atoms with E-state index in [4.69, 9.17) is 4.74 Å². The fourth-order valence-corrected chi connectivity index (χ4v) is 1.67. The highest BCUT2D eigenvalue weighted by molar-refractivity contribution is 5.71. The van der Waals surface area contributed by atoms with Crippen LogP contribution < -0.4 is 5.11 Å². The third-order valence-corrected chi connectivity index (χ3v) is 2.40. The molecule has 0 N–H and O–H groups in total. The molecule has 0 rings (SSSR count). The number of rotatable bonds is 9. The second-order valence-electron chi connectivity index (χ2n) is 5.65. The lowest BCUT2D eigenvalue weighted by Gasteiger charge is -2.29. The van der Waals surface area contributed by atoms with Crippen LogP contribution in [-0.2, 0) is 14.3 Å². The van der Waals surface area contributed by atoms with Crippen LogP contribution in [0.3, 0.4) is 0 Å². The first kappa shape index (κ1) is 18.4. The Morgan fingerprint density at radius 2 is 1.90 bits per heavy atom. The number of carbonyl (C=O) groups is 2. The molecule has 0 aromatic carbocycles. The van der Waals surface area contributed by atoms with Crippen molar-refractivity contribution < 1.29 is 23.9 Å². The third kappa shape index (κ3) is 11.5. The molecule has 0 aliphatic carbocycles. The number of carbonyl (C=O) groups excluding carboxylic acids is 2. The minimum absolute atomic E-state index is 0.245. The molecular weight excluding hydrogens is 258 g/mol. The third-order valence-electron chi connectivity index (χ3n) is 2.40. The Labute approximate surface area is 121 Å². The van der Waals surface area contributed by atoms with Gasteiger partial charge >= 0.3 is 5.97 Å².